The normalized spacial score (nSPS) is 26.6. The van der Waals surface area contributed by atoms with E-state index < -0.39 is 0 Å². The molecule has 4 heteroatoms. The molecule has 0 spiro atoms. The van der Waals surface area contributed by atoms with Crippen molar-refractivity contribution in [1.82, 2.24) is 0 Å². The number of rotatable bonds is 4. The van der Waals surface area contributed by atoms with Crippen molar-refractivity contribution < 1.29 is 9.47 Å². The maximum atomic E-state index is 6.28. The molecule has 1 aromatic rings. The molecule has 0 aliphatic carbocycles. The summed E-state index contributed by atoms with van der Waals surface area (Å²) in [6.45, 7) is 9.08. The maximum Gasteiger partial charge on any atom is 0.119 e. The predicted octanol–water partition coefficient (Wildman–Crippen LogP) is 2.81. The van der Waals surface area contributed by atoms with Crippen molar-refractivity contribution in [3.8, 4) is 5.75 Å². The highest BCUT2D eigenvalue weighted by molar-refractivity contribution is 5.52. The first-order valence-corrected chi connectivity index (χ1v) is 7.46. The van der Waals surface area contributed by atoms with Gasteiger partial charge in [0, 0.05) is 25.7 Å². The Labute approximate surface area is 128 Å². The van der Waals surface area contributed by atoms with Crippen LogP contribution in [0, 0.1) is 0 Å². The molecule has 1 heterocycles. The monoisotopic (exact) mass is 292 g/mol. The number of nitrogens with two attached hydrogens (primary N) is 1. The van der Waals surface area contributed by atoms with Gasteiger partial charge in [-0.05, 0) is 52.0 Å². The van der Waals surface area contributed by atoms with Gasteiger partial charge in [0.2, 0.25) is 0 Å². The van der Waals surface area contributed by atoms with Crippen molar-refractivity contribution in [2.45, 2.75) is 50.9 Å². The van der Waals surface area contributed by atoms with Crippen LogP contribution in [0.15, 0.2) is 24.3 Å². The predicted molar refractivity (Wildman–Crippen MR) is 87.0 cm³/mol. The van der Waals surface area contributed by atoms with Gasteiger partial charge in [0.15, 0.2) is 0 Å². The highest BCUT2D eigenvalue weighted by Crippen LogP contribution is 2.48. The van der Waals surface area contributed by atoms with Crippen molar-refractivity contribution >= 4 is 5.69 Å². The van der Waals surface area contributed by atoms with Crippen molar-refractivity contribution in [3.63, 3.8) is 0 Å². The van der Waals surface area contributed by atoms with E-state index in [-0.39, 0.29) is 16.7 Å². The number of likely N-dealkylation sites (N-methyl/N-ethyl adjacent to an activating group) is 1. The lowest BCUT2D eigenvalue weighted by Crippen LogP contribution is -2.62. The van der Waals surface area contributed by atoms with Gasteiger partial charge in [0.25, 0.3) is 0 Å². The summed E-state index contributed by atoms with van der Waals surface area (Å²) in [7, 11) is 3.78. The van der Waals surface area contributed by atoms with Gasteiger partial charge in [0.05, 0.1) is 23.9 Å². The van der Waals surface area contributed by atoms with Gasteiger partial charge in [-0.3, -0.25) is 0 Å². The van der Waals surface area contributed by atoms with Crippen molar-refractivity contribution in [2.24, 2.45) is 5.73 Å². The molecule has 0 amide bonds. The lowest BCUT2D eigenvalue weighted by Gasteiger charge is -2.47. The number of methoxy groups -OCH3 is 1. The fourth-order valence-corrected chi connectivity index (χ4v) is 3.77. The van der Waals surface area contributed by atoms with Crippen LogP contribution < -0.4 is 15.4 Å². The van der Waals surface area contributed by atoms with Gasteiger partial charge in [-0.15, -0.1) is 0 Å². The number of benzene rings is 1. The lowest BCUT2D eigenvalue weighted by atomic mass is 9.77. The van der Waals surface area contributed by atoms with Crippen LogP contribution in [0.1, 0.15) is 34.1 Å². The van der Waals surface area contributed by atoms with E-state index >= 15 is 0 Å². The van der Waals surface area contributed by atoms with Gasteiger partial charge in [-0.1, -0.05) is 0 Å². The van der Waals surface area contributed by atoms with E-state index in [2.05, 4.69) is 51.8 Å². The molecule has 0 aromatic heterocycles. The first kappa shape index (κ1) is 16.1. The SMILES string of the molecule is COc1ccc(N(C)C2(CN)CC(C)(C)OC2(C)C)cc1. The topological polar surface area (TPSA) is 47.7 Å². The average Bonchev–Trinajstić information content (AvgIpc) is 2.62. The average molecular weight is 292 g/mol. The van der Waals surface area contributed by atoms with E-state index in [1.165, 1.54) is 0 Å². The molecule has 21 heavy (non-hydrogen) atoms. The molecular formula is C17H28N2O2. The summed E-state index contributed by atoms with van der Waals surface area (Å²) in [5.74, 6) is 0.858. The molecule has 0 radical (unpaired) electrons. The van der Waals surface area contributed by atoms with E-state index in [0.717, 1.165) is 17.9 Å². The Hall–Kier alpha value is -1.26. The Kier molecular flexibility index (Phi) is 3.98. The van der Waals surface area contributed by atoms with E-state index in [4.69, 9.17) is 15.2 Å². The first-order chi connectivity index (χ1) is 9.67. The number of nitrogens with zero attached hydrogens (tertiary/aromatic N) is 1. The molecular weight excluding hydrogens is 264 g/mol. The molecule has 0 bridgehead atoms. The van der Waals surface area contributed by atoms with Crippen LogP contribution in [0.5, 0.6) is 5.75 Å². The number of anilines is 1. The molecule has 1 aliphatic heterocycles. The van der Waals surface area contributed by atoms with E-state index in [9.17, 15) is 0 Å². The van der Waals surface area contributed by atoms with Crippen LogP contribution in [0.2, 0.25) is 0 Å². The zero-order valence-electron chi connectivity index (χ0n) is 14.1. The summed E-state index contributed by atoms with van der Waals surface area (Å²) in [4.78, 5) is 2.27. The Balaban J connectivity index is 2.39. The van der Waals surface area contributed by atoms with Gasteiger partial charge in [-0.25, -0.2) is 0 Å². The summed E-state index contributed by atoms with van der Waals surface area (Å²) in [6, 6.07) is 8.09. The highest BCUT2D eigenvalue weighted by Gasteiger charge is 2.58. The molecule has 1 aliphatic rings. The van der Waals surface area contributed by atoms with Crippen LogP contribution in [-0.4, -0.2) is 37.4 Å². The Morgan fingerprint density at radius 3 is 2.14 bits per heavy atom. The smallest absolute Gasteiger partial charge is 0.119 e. The Morgan fingerprint density at radius 2 is 1.76 bits per heavy atom. The number of hydrogen-bond donors (Lipinski definition) is 1. The first-order valence-electron chi connectivity index (χ1n) is 7.46. The molecule has 118 valence electrons. The fourth-order valence-electron chi connectivity index (χ4n) is 3.77. The third-order valence-corrected chi connectivity index (χ3v) is 4.81. The summed E-state index contributed by atoms with van der Waals surface area (Å²) >= 11 is 0. The van der Waals surface area contributed by atoms with Crippen molar-refractivity contribution in [1.29, 1.82) is 0 Å². The van der Waals surface area contributed by atoms with E-state index in [1.807, 2.05) is 12.1 Å². The number of hydrogen-bond acceptors (Lipinski definition) is 4. The maximum absolute atomic E-state index is 6.28. The molecule has 1 atom stereocenters. The van der Waals surface area contributed by atoms with Crippen LogP contribution in [0.25, 0.3) is 0 Å². The zero-order chi connectivity index (χ0) is 15.9. The van der Waals surface area contributed by atoms with E-state index in [1.54, 1.807) is 7.11 Å². The van der Waals surface area contributed by atoms with Crippen LogP contribution in [0.3, 0.4) is 0 Å². The molecule has 1 fully saturated rings. The molecule has 4 nitrogen and oxygen atoms in total. The second-order valence-corrected chi connectivity index (χ2v) is 7.04. The fraction of sp³-hybridized carbons (Fsp3) is 0.647. The van der Waals surface area contributed by atoms with Crippen LogP contribution >= 0.6 is 0 Å². The third kappa shape index (κ3) is 2.62. The van der Waals surface area contributed by atoms with Crippen LogP contribution in [0.4, 0.5) is 5.69 Å². The second-order valence-electron chi connectivity index (χ2n) is 7.04. The van der Waals surface area contributed by atoms with Gasteiger partial charge in [-0.2, -0.15) is 0 Å². The molecule has 2 rings (SSSR count). The van der Waals surface area contributed by atoms with Crippen molar-refractivity contribution in [3.05, 3.63) is 24.3 Å². The molecule has 0 saturated carbocycles. The standard InChI is InChI=1S/C17H28N2O2/c1-15(2)11-17(12-18,16(3,4)21-15)19(5)13-7-9-14(20-6)10-8-13/h7-10H,11-12,18H2,1-6H3. The molecule has 1 saturated heterocycles. The second kappa shape index (κ2) is 5.18. The van der Waals surface area contributed by atoms with Gasteiger partial charge >= 0.3 is 0 Å². The summed E-state index contributed by atoms with van der Waals surface area (Å²) in [6.07, 6.45) is 0.895. The quantitative estimate of drug-likeness (QED) is 0.927. The number of ether oxygens (including phenoxy) is 2. The molecule has 1 aromatic carbocycles. The Morgan fingerprint density at radius 1 is 1.19 bits per heavy atom. The minimum absolute atomic E-state index is 0.177. The van der Waals surface area contributed by atoms with Gasteiger partial charge < -0.3 is 20.1 Å². The van der Waals surface area contributed by atoms with Gasteiger partial charge in [0.1, 0.15) is 5.75 Å². The van der Waals surface area contributed by atoms with Crippen molar-refractivity contribution in [2.75, 3.05) is 25.6 Å². The highest BCUT2D eigenvalue weighted by atomic mass is 16.5. The lowest BCUT2D eigenvalue weighted by molar-refractivity contribution is -0.0779. The summed E-state index contributed by atoms with van der Waals surface area (Å²) in [5, 5.41) is 0. The minimum Gasteiger partial charge on any atom is -0.497 e. The summed E-state index contributed by atoms with van der Waals surface area (Å²) < 4.78 is 11.5. The molecule has 1 unspecified atom stereocenters. The largest absolute Gasteiger partial charge is 0.497 e. The van der Waals surface area contributed by atoms with E-state index in [0.29, 0.717) is 6.54 Å². The third-order valence-electron chi connectivity index (χ3n) is 4.81. The van der Waals surface area contributed by atoms with Crippen LogP contribution in [-0.2, 0) is 4.74 Å². The molecule has 2 N–H and O–H groups in total. The Bertz CT molecular complexity index is 496. The minimum atomic E-state index is -0.320. The zero-order valence-corrected chi connectivity index (χ0v) is 14.1. The summed E-state index contributed by atoms with van der Waals surface area (Å²) in [5.41, 5.74) is 6.61.